The van der Waals surface area contributed by atoms with Gasteiger partial charge < -0.3 is 15.5 Å². The minimum absolute atomic E-state index is 0.0796. The van der Waals surface area contributed by atoms with E-state index in [4.69, 9.17) is 0 Å². The van der Waals surface area contributed by atoms with Crippen LogP contribution in [0.3, 0.4) is 0 Å². The van der Waals surface area contributed by atoms with Gasteiger partial charge in [-0.25, -0.2) is 22.0 Å². The molecule has 8 nitrogen and oxygen atoms in total. The Balaban J connectivity index is 1.52. The summed E-state index contributed by atoms with van der Waals surface area (Å²) in [5.41, 5.74) is 1.38. The van der Waals surface area contributed by atoms with E-state index in [9.17, 15) is 18.0 Å². The van der Waals surface area contributed by atoms with Gasteiger partial charge in [0.2, 0.25) is 15.9 Å². The zero-order valence-electron chi connectivity index (χ0n) is 19.5. The number of para-hydroxylation sites is 1. The maximum atomic E-state index is 15.1. The van der Waals surface area contributed by atoms with Gasteiger partial charge in [0.25, 0.3) is 0 Å². The number of carbonyl (C=O) groups excluding carboxylic acids is 2. The number of rotatable bonds is 6. The molecule has 3 amide bonds. The number of sulfonamides is 1. The Hall–Kier alpha value is -3.99. The monoisotopic (exact) mass is 514 g/mol. The Morgan fingerprint density at radius 2 is 1.67 bits per heavy atom. The van der Waals surface area contributed by atoms with E-state index in [0.717, 1.165) is 16.7 Å². The molecule has 4 rings (SSSR count). The summed E-state index contributed by atoms with van der Waals surface area (Å²) in [6, 6.07) is 14.2. The Labute approximate surface area is 207 Å². The van der Waals surface area contributed by atoms with E-state index in [0.29, 0.717) is 5.69 Å². The first kappa shape index (κ1) is 25.1. The van der Waals surface area contributed by atoms with Crippen LogP contribution in [0.5, 0.6) is 0 Å². The highest BCUT2D eigenvalue weighted by molar-refractivity contribution is 7.92. The number of halogens is 2. The zero-order chi connectivity index (χ0) is 26.0. The fourth-order valence-electron chi connectivity index (χ4n) is 3.98. The molecule has 1 saturated heterocycles. The highest BCUT2D eigenvalue weighted by Gasteiger charge is 2.36. The summed E-state index contributed by atoms with van der Waals surface area (Å²) in [6.45, 7) is 1.99. The first-order valence-corrected chi connectivity index (χ1v) is 12.9. The minimum atomic E-state index is -3.66. The standard InChI is InChI=1S/C25H24F2N4O4S/c1-15-7-9-16(10-8-15)28-25(33)29-20-13-14-31(24(20)32)21-12-11-18(22(26)23(21)27)17-5-3-4-6-19(17)30-36(2,34)35/h3-12,20,30H,13-14H2,1-2H3,(H2,28,29,33)/t20-/m1/s1. The number of anilines is 3. The van der Waals surface area contributed by atoms with E-state index in [-0.39, 0.29) is 35.5 Å². The third-order valence-electron chi connectivity index (χ3n) is 5.69. The molecule has 0 bridgehead atoms. The zero-order valence-corrected chi connectivity index (χ0v) is 20.3. The summed E-state index contributed by atoms with van der Waals surface area (Å²) in [4.78, 5) is 26.3. The van der Waals surface area contributed by atoms with Crippen molar-refractivity contribution in [3.05, 3.63) is 77.9 Å². The van der Waals surface area contributed by atoms with Crippen LogP contribution < -0.4 is 20.3 Å². The van der Waals surface area contributed by atoms with Crippen molar-refractivity contribution in [2.75, 3.05) is 27.7 Å². The molecule has 3 aromatic carbocycles. The van der Waals surface area contributed by atoms with Crippen LogP contribution in [0, 0.1) is 18.6 Å². The van der Waals surface area contributed by atoms with Crippen LogP contribution in [0.4, 0.5) is 30.6 Å². The summed E-state index contributed by atoms with van der Waals surface area (Å²) in [5, 5.41) is 5.20. The number of aryl methyl sites for hydroxylation is 1. The number of hydrogen-bond acceptors (Lipinski definition) is 4. The lowest BCUT2D eigenvalue weighted by molar-refractivity contribution is -0.118. The summed E-state index contributed by atoms with van der Waals surface area (Å²) >= 11 is 0. The van der Waals surface area contributed by atoms with E-state index in [1.807, 2.05) is 19.1 Å². The first-order chi connectivity index (χ1) is 17.0. The lowest BCUT2D eigenvalue weighted by Gasteiger charge is -2.20. The molecule has 3 aromatic rings. The maximum Gasteiger partial charge on any atom is 0.319 e. The van der Waals surface area contributed by atoms with Gasteiger partial charge in [0.05, 0.1) is 17.6 Å². The van der Waals surface area contributed by atoms with Gasteiger partial charge in [0.15, 0.2) is 11.6 Å². The molecular formula is C25H24F2N4O4S. The average Bonchev–Trinajstić information content (AvgIpc) is 3.16. The van der Waals surface area contributed by atoms with Crippen molar-refractivity contribution < 1.29 is 26.8 Å². The fourth-order valence-corrected chi connectivity index (χ4v) is 4.56. The Kier molecular flexibility index (Phi) is 6.93. The highest BCUT2D eigenvalue weighted by Crippen LogP contribution is 2.35. The van der Waals surface area contributed by atoms with Crippen LogP contribution >= 0.6 is 0 Å². The summed E-state index contributed by atoms with van der Waals surface area (Å²) in [6.07, 6.45) is 1.17. The van der Waals surface area contributed by atoms with Crippen LogP contribution in [0.1, 0.15) is 12.0 Å². The molecule has 0 unspecified atom stereocenters. The molecule has 1 aliphatic heterocycles. The number of benzene rings is 3. The molecule has 11 heteroatoms. The predicted octanol–water partition coefficient (Wildman–Crippen LogP) is 4.24. The van der Waals surface area contributed by atoms with Crippen LogP contribution in [0.15, 0.2) is 60.7 Å². The van der Waals surface area contributed by atoms with Crippen molar-refractivity contribution in [2.24, 2.45) is 0 Å². The van der Waals surface area contributed by atoms with E-state index < -0.39 is 39.6 Å². The Morgan fingerprint density at radius 3 is 2.36 bits per heavy atom. The fraction of sp³-hybridized carbons (Fsp3) is 0.200. The van der Waals surface area contributed by atoms with Gasteiger partial charge in [0.1, 0.15) is 6.04 Å². The number of urea groups is 1. The smallest absolute Gasteiger partial charge is 0.319 e. The van der Waals surface area contributed by atoms with Gasteiger partial charge in [-0.2, -0.15) is 0 Å². The van der Waals surface area contributed by atoms with Crippen molar-refractivity contribution >= 4 is 39.0 Å². The van der Waals surface area contributed by atoms with Gasteiger partial charge in [-0.1, -0.05) is 35.9 Å². The predicted molar refractivity (Wildman–Crippen MR) is 134 cm³/mol. The summed E-state index contributed by atoms with van der Waals surface area (Å²) in [5.74, 6) is -3.05. The number of carbonyl (C=O) groups is 2. The molecule has 3 N–H and O–H groups in total. The first-order valence-electron chi connectivity index (χ1n) is 11.0. The van der Waals surface area contributed by atoms with Crippen LogP contribution in [-0.4, -0.2) is 39.2 Å². The number of nitrogens with one attached hydrogen (secondary N) is 3. The van der Waals surface area contributed by atoms with Gasteiger partial charge in [-0.15, -0.1) is 0 Å². The Morgan fingerprint density at radius 1 is 0.972 bits per heavy atom. The summed E-state index contributed by atoms with van der Waals surface area (Å²) < 4.78 is 55.9. The van der Waals surface area contributed by atoms with Crippen molar-refractivity contribution in [3.8, 4) is 11.1 Å². The minimum Gasteiger partial charge on any atom is -0.326 e. The van der Waals surface area contributed by atoms with E-state index >= 15 is 8.78 Å². The van der Waals surface area contributed by atoms with Crippen LogP contribution in [0.25, 0.3) is 11.1 Å². The Bertz CT molecular complexity index is 1430. The number of amides is 3. The summed E-state index contributed by atoms with van der Waals surface area (Å²) in [7, 11) is -3.66. The molecule has 1 heterocycles. The molecule has 0 spiro atoms. The molecule has 0 aliphatic carbocycles. The maximum absolute atomic E-state index is 15.1. The van der Waals surface area contributed by atoms with Gasteiger partial charge >= 0.3 is 6.03 Å². The third-order valence-corrected chi connectivity index (χ3v) is 6.28. The van der Waals surface area contributed by atoms with E-state index in [2.05, 4.69) is 15.4 Å². The molecule has 0 aromatic heterocycles. The van der Waals surface area contributed by atoms with Crippen molar-refractivity contribution in [1.82, 2.24) is 5.32 Å². The van der Waals surface area contributed by atoms with Gasteiger partial charge in [-0.05, 0) is 43.7 Å². The highest BCUT2D eigenvalue weighted by atomic mass is 32.2. The van der Waals surface area contributed by atoms with E-state index in [1.54, 1.807) is 24.3 Å². The molecular weight excluding hydrogens is 490 g/mol. The lowest BCUT2D eigenvalue weighted by atomic mass is 10.0. The number of nitrogens with zero attached hydrogens (tertiary/aromatic N) is 1. The molecule has 1 atom stereocenters. The third kappa shape index (κ3) is 5.46. The average molecular weight is 515 g/mol. The number of hydrogen-bond donors (Lipinski definition) is 3. The largest absolute Gasteiger partial charge is 0.326 e. The van der Waals surface area contributed by atoms with Crippen molar-refractivity contribution in [2.45, 2.75) is 19.4 Å². The molecule has 188 valence electrons. The molecule has 36 heavy (non-hydrogen) atoms. The molecule has 1 fully saturated rings. The van der Waals surface area contributed by atoms with Gasteiger partial charge in [0, 0.05) is 23.4 Å². The quantitative estimate of drug-likeness (QED) is 0.457. The lowest BCUT2D eigenvalue weighted by Crippen LogP contribution is -2.43. The van der Waals surface area contributed by atoms with Crippen molar-refractivity contribution in [1.29, 1.82) is 0 Å². The van der Waals surface area contributed by atoms with E-state index in [1.165, 1.54) is 24.3 Å². The second-order valence-corrected chi connectivity index (χ2v) is 10.2. The SMILES string of the molecule is Cc1ccc(NC(=O)N[C@@H]2CCN(c3ccc(-c4ccccc4NS(C)(=O)=O)c(F)c3F)C2=O)cc1. The second kappa shape index (κ2) is 9.94. The van der Waals surface area contributed by atoms with Crippen LogP contribution in [-0.2, 0) is 14.8 Å². The second-order valence-electron chi connectivity index (χ2n) is 8.48. The normalized spacial score (nSPS) is 15.6. The molecule has 1 aliphatic rings. The van der Waals surface area contributed by atoms with Crippen molar-refractivity contribution in [3.63, 3.8) is 0 Å². The van der Waals surface area contributed by atoms with Crippen LogP contribution in [0.2, 0.25) is 0 Å². The molecule has 0 radical (unpaired) electrons. The van der Waals surface area contributed by atoms with Gasteiger partial charge in [-0.3, -0.25) is 9.52 Å². The topological polar surface area (TPSA) is 108 Å². The molecule has 0 saturated carbocycles.